The van der Waals surface area contributed by atoms with Gasteiger partial charge in [-0.1, -0.05) is 6.07 Å². The molecule has 0 aliphatic rings. The molecule has 0 bridgehead atoms. The number of nitro groups is 1. The van der Waals surface area contributed by atoms with Gasteiger partial charge in [-0.05, 0) is 33.8 Å². The van der Waals surface area contributed by atoms with Gasteiger partial charge in [-0.15, -0.1) is 0 Å². The number of carbonyl (C=O) groups is 2. The summed E-state index contributed by atoms with van der Waals surface area (Å²) < 4.78 is 9.84. The lowest BCUT2D eigenvalue weighted by Crippen LogP contribution is -2.28. The van der Waals surface area contributed by atoms with Crippen LogP contribution in [-0.2, 0) is 14.3 Å². The molecule has 0 spiro atoms. The first kappa shape index (κ1) is 16.6. The highest BCUT2D eigenvalue weighted by molar-refractivity contribution is 5.92. The van der Waals surface area contributed by atoms with Crippen LogP contribution in [0.5, 0.6) is 0 Å². The van der Waals surface area contributed by atoms with Crippen LogP contribution in [0.25, 0.3) is 0 Å². The topological polar surface area (TPSA) is 95.7 Å². The Hall–Kier alpha value is -2.44. The van der Waals surface area contributed by atoms with E-state index in [0.717, 1.165) is 6.07 Å². The molecule has 7 heteroatoms. The van der Waals surface area contributed by atoms with Gasteiger partial charge in [-0.2, -0.15) is 0 Å². The number of ether oxygens (including phenoxy) is 2. The van der Waals surface area contributed by atoms with Crippen molar-refractivity contribution in [2.75, 3.05) is 0 Å². The van der Waals surface area contributed by atoms with Gasteiger partial charge in [-0.3, -0.25) is 10.1 Å². The van der Waals surface area contributed by atoms with Crippen LogP contribution >= 0.6 is 0 Å². The van der Waals surface area contributed by atoms with E-state index >= 15 is 0 Å². The highest BCUT2D eigenvalue weighted by atomic mass is 16.6. The number of hydrogen-bond donors (Lipinski definition) is 0. The van der Waals surface area contributed by atoms with Gasteiger partial charge in [-0.25, -0.2) is 9.59 Å². The molecule has 0 N–H and O–H groups in total. The summed E-state index contributed by atoms with van der Waals surface area (Å²) >= 11 is 0. The highest BCUT2D eigenvalue weighted by Gasteiger charge is 2.22. The molecule has 21 heavy (non-hydrogen) atoms. The number of nitro benzene ring substituents is 1. The molecule has 0 radical (unpaired) electrons. The molecular weight excluding hydrogens is 278 g/mol. The Kier molecular flexibility index (Phi) is 5.40. The molecule has 1 rings (SSSR count). The molecule has 1 atom stereocenters. The second-order valence-electron chi connectivity index (χ2n) is 4.79. The third kappa shape index (κ3) is 4.55. The van der Waals surface area contributed by atoms with E-state index in [9.17, 15) is 19.7 Å². The monoisotopic (exact) mass is 295 g/mol. The molecule has 0 saturated heterocycles. The average Bonchev–Trinajstić information content (AvgIpc) is 2.37. The summed E-state index contributed by atoms with van der Waals surface area (Å²) in [6, 6.07) is 3.98. The predicted molar refractivity (Wildman–Crippen MR) is 73.9 cm³/mol. The van der Waals surface area contributed by atoms with E-state index in [-0.39, 0.29) is 17.4 Å². The van der Waals surface area contributed by atoms with E-state index in [2.05, 4.69) is 0 Å². The van der Waals surface area contributed by atoms with Gasteiger partial charge >= 0.3 is 11.9 Å². The van der Waals surface area contributed by atoms with Crippen molar-refractivity contribution in [3.8, 4) is 0 Å². The summed E-state index contributed by atoms with van der Waals surface area (Å²) in [4.78, 5) is 33.7. The van der Waals surface area contributed by atoms with Gasteiger partial charge in [0, 0.05) is 11.6 Å². The zero-order valence-corrected chi connectivity index (χ0v) is 12.3. The average molecular weight is 295 g/mol. The van der Waals surface area contributed by atoms with Crippen LogP contribution < -0.4 is 0 Å². The van der Waals surface area contributed by atoms with E-state index in [1.807, 2.05) is 0 Å². The summed E-state index contributed by atoms with van der Waals surface area (Å²) in [5.41, 5.74) is 0.266. The summed E-state index contributed by atoms with van der Waals surface area (Å²) in [5, 5.41) is 10.8. The zero-order chi connectivity index (χ0) is 16.2. The van der Waals surface area contributed by atoms with Crippen molar-refractivity contribution in [2.45, 2.75) is 39.9 Å². The van der Waals surface area contributed by atoms with Gasteiger partial charge in [0.25, 0.3) is 5.69 Å². The Balaban J connectivity index is 2.83. The molecule has 0 aliphatic carbocycles. The predicted octanol–water partition coefficient (Wildman–Crippen LogP) is 2.40. The molecule has 7 nitrogen and oxygen atoms in total. The lowest BCUT2D eigenvalue weighted by atomic mass is 10.1. The Bertz CT molecular complexity index is 567. The van der Waals surface area contributed by atoms with Crippen molar-refractivity contribution in [1.29, 1.82) is 0 Å². The number of esters is 2. The molecule has 0 aromatic heterocycles. The Labute approximate surface area is 122 Å². The summed E-state index contributed by atoms with van der Waals surface area (Å²) in [6.45, 7) is 6.30. The normalized spacial score (nSPS) is 11.9. The molecule has 1 aromatic rings. The largest absolute Gasteiger partial charge is 0.460 e. The van der Waals surface area contributed by atoms with Crippen molar-refractivity contribution in [3.63, 3.8) is 0 Å². The van der Waals surface area contributed by atoms with Crippen LogP contribution in [0.2, 0.25) is 0 Å². The van der Waals surface area contributed by atoms with Gasteiger partial charge in [0.2, 0.25) is 0 Å². The smallest absolute Gasteiger partial charge is 0.347 e. The minimum absolute atomic E-state index is 0.0106. The molecule has 0 heterocycles. The molecule has 114 valence electrons. The number of rotatable bonds is 5. The van der Waals surface area contributed by atoms with Gasteiger partial charge in [0.1, 0.15) is 0 Å². The van der Waals surface area contributed by atoms with E-state index in [1.165, 1.54) is 19.1 Å². The highest BCUT2D eigenvalue weighted by Crippen LogP contribution is 2.20. The maximum atomic E-state index is 11.9. The summed E-state index contributed by atoms with van der Waals surface area (Å²) in [5.74, 6) is -1.48. The number of nitrogens with zero attached hydrogens (tertiary/aromatic N) is 1. The quantitative estimate of drug-likeness (QED) is 0.470. The lowest BCUT2D eigenvalue weighted by Gasteiger charge is -2.14. The van der Waals surface area contributed by atoms with Crippen molar-refractivity contribution in [2.24, 2.45) is 0 Å². The first-order valence-electron chi connectivity index (χ1n) is 6.39. The van der Waals surface area contributed by atoms with E-state index in [0.29, 0.717) is 5.56 Å². The third-order valence-corrected chi connectivity index (χ3v) is 2.61. The fourth-order valence-corrected chi connectivity index (χ4v) is 1.54. The van der Waals surface area contributed by atoms with Crippen LogP contribution in [0.4, 0.5) is 5.69 Å². The second kappa shape index (κ2) is 6.83. The van der Waals surface area contributed by atoms with Crippen LogP contribution in [0.15, 0.2) is 18.2 Å². The molecule has 0 saturated carbocycles. The Morgan fingerprint density at radius 2 is 1.81 bits per heavy atom. The van der Waals surface area contributed by atoms with Crippen molar-refractivity contribution >= 4 is 17.6 Å². The zero-order valence-electron chi connectivity index (χ0n) is 12.3. The Morgan fingerprint density at radius 1 is 1.19 bits per heavy atom. The summed E-state index contributed by atoms with van der Waals surface area (Å²) in [7, 11) is 0. The van der Waals surface area contributed by atoms with Gasteiger partial charge < -0.3 is 9.47 Å². The SMILES string of the molecule is Cc1ccc(C(=O)O[C@@H](C)C(=O)OC(C)C)cc1[N+](=O)[O-]. The molecular formula is C14H17NO6. The first-order chi connectivity index (χ1) is 9.72. The number of benzene rings is 1. The second-order valence-corrected chi connectivity index (χ2v) is 4.79. The van der Waals surface area contributed by atoms with Gasteiger partial charge in [0.05, 0.1) is 16.6 Å². The van der Waals surface area contributed by atoms with E-state index in [1.54, 1.807) is 20.8 Å². The number of hydrogen-bond acceptors (Lipinski definition) is 6. The fraction of sp³-hybridized carbons (Fsp3) is 0.429. The van der Waals surface area contributed by atoms with E-state index < -0.39 is 23.0 Å². The standard InChI is InChI=1S/C14H17NO6/c1-8(2)20-13(16)10(4)21-14(17)11-6-5-9(3)12(7-11)15(18)19/h5-8,10H,1-4H3/t10-/m0/s1. The third-order valence-electron chi connectivity index (χ3n) is 2.61. The fourth-order valence-electron chi connectivity index (χ4n) is 1.54. The molecule has 0 amide bonds. The van der Waals surface area contributed by atoms with Crippen LogP contribution in [0.1, 0.15) is 36.7 Å². The van der Waals surface area contributed by atoms with Crippen molar-refractivity contribution < 1.29 is 24.0 Å². The van der Waals surface area contributed by atoms with E-state index in [4.69, 9.17) is 9.47 Å². The summed E-state index contributed by atoms with van der Waals surface area (Å²) in [6.07, 6.45) is -1.40. The van der Waals surface area contributed by atoms with Crippen LogP contribution in [0.3, 0.4) is 0 Å². The number of carbonyl (C=O) groups excluding carboxylic acids is 2. The number of aryl methyl sites for hydroxylation is 1. The van der Waals surface area contributed by atoms with Crippen LogP contribution in [0, 0.1) is 17.0 Å². The molecule has 1 aromatic carbocycles. The molecule has 0 fully saturated rings. The maximum Gasteiger partial charge on any atom is 0.347 e. The van der Waals surface area contributed by atoms with Gasteiger partial charge in [0.15, 0.2) is 6.10 Å². The Morgan fingerprint density at radius 3 is 2.33 bits per heavy atom. The van der Waals surface area contributed by atoms with Crippen molar-refractivity contribution in [3.05, 3.63) is 39.4 Å². The minimum Gasteiger partial charge on any atom is -0.460 e. The minimum atomic E-state index is -1.08. The lowest BCUT2D eigenvalue weighted by molar-refractivity contribution is -0.385. The van der Waals surface area contributed by atoms with Crippen LogP contribution in [-0.4, -0.2) is 29.1 Å². The maximum absolute atomic E-state index is 11.9. The van der Waals surface area contributed by atoms with Crippen molar-refractivity contribution in [1.82, 2.24) is 0 Å². The molecule has 0 aliphatic heterocycles. The first-order valence-corrected chi connectivity index (χ1v) is 6.39. The molecule has 0 unspecified atom stereocenters.